The molecule has 3 unspecified atom stereocenters. The molecule has 0 spiro atoms. The number of halogens is 3. The molecule has 0 aromatic heterocycles. The molecule has 2 rings (SSSR count). The third kappa shape index (κ3) is 4.05. The Morgan fingerprint density at radius 2 is 2.00 bits per heavy atom. The van der Waals surface area contributed by atoms with Crippen LogP contribution < -0.4 is 5.32 Å². The maximum atomic E-state index is 12.6. The molecule has 17 heavy (non-hydrogen) atoms. The number of thioether (sulfide) groups is 1. The Labute approximate surface area is 105 Å². The molecule has 0 aromatic rings. The molecule has 0 aromatic carbocycles. The van der Waals surface area contributed by atoms with Crippen LogP contribution in [-0.4, -0.2) is 30.3 Å². The van der Waals surface area contributed by atoms with Gasteiger partial charge >= 0.3 is 6.18 Å². The highest BCUT2D eigenvalue weighted by Gasteiger charge is 2.42. The summed E-state index contributed by atoms with van der Waals surface area (Å²) in [6.45, 7) is 0.905. The van der Waals surface area contributed by atoms with Gasteiger partial charge in [0.2, 0.25) is 0 Å². The molecule has 1 saturated heterocycles. The van der Waals surface area contributed by atoms with Gasteiger partial charge in [0.25, 0.3) is 0 Å². The monoisotopic (exact) mass is 267 g/mol. The van der Waals surface area contributed by atoms with Gasteiger partial charge in [0, 0.05) is 6.04 Å². The van der Waals surface area contributed by atoms with E-state index in [9.17, 15) is 13.2 Å². The van der Waals surface area contributed by atoms with E-state index in [-0.39, 0.29) is 12.5 Å². The number of rotatable bonds is 3. The number of alkyl halides is 3. The van der Waals surface area contributed by atoms with Crippen LogP contribution in [0.15, 0.2) is 0 Å². The molecule has 0 bridgehead atoms. The molecule has 5 heteroatoms. The van der Waals surface area contributed by atoms with Crippen molar-refractivity contribution < 1.29 is 13.2 Å². The molecule has 0 amide bonds. The van der Waals surface area contributed by atoms with Crippen LogP contribution in [0.25, 0.3) is 0 Å². The first-order valence-electron chi connectivity index (χ1n) is 6.43. The average molecular weight is 267 g/mol. The molecule has 1 N–H and O–H groups in total. The lowest BCUT2D eigenvalue weighted by molar-refractivity contribution is -0.183. The van der Waals surface area contributed by atoms with Crippen molar-refractivity contribution in [3.63, 3.8) is 0 Å². The second-order valence-electron chi connectivity index (χ2n) is 5.24. The van der Waals surface area contributed by atoms with E-state index in [2.05, 4.69) is 5.32 Å². The van der Waals surface area contributed by atoms with Crippen LogP contribution in [-0.2, 0) is 0 Å². The molecular formula is C12H20F3NS. The zero-order valence-corrected chi connectivity index (χ0v) is 10.7. The van der Waals surface area contributed by atoms with Gasteiger partial charge in [-0.05, 0) is 49.7 Å². The predicted octanol–water partition coefficient (Wildman–Crippen LogP) is 3.45. The zero-order valence-electron chi connectivity index (χ0n) is 9.93. The van der Waals surface area contributed by atoms with Crippen LogP contribution in [0.3, 0.4) is 0 Å². The number of hydrogen-bond donors (Lipinski definition) is 1. The maximum absolute atomic E-state index is 12.6. The van der Waals surface area contributed by atoms with E-state index >= 15 is 0 Å². The van der Waals surface area contributed by atoms with Crippen LogP contribution >= 0.6 is 11.8 Å². The molecule has 1 aliphatic carbocycles. The number of hydrogen-bond acceptors (Lipinski definition) is 2. The molecule has 0 radical (unpaired) electrons. The Kier molecular flexibility index (Phi) is 4.64. The Morgan fingerprint density at radius 3 is 2.65 bits per heavy atom. The Balaban J connectivity index is 1.73. The van der Waals surface area contributed by atoms with Gasteiger partial charge in [-0.25, -0.2) is 0 Å². The summed E-state index contributed by atoms with van der Waals surface area (Å²) >= 11 is 1.95. The van der Waals surface area contributed by atoms with Crippen LogP contribution in [0.1, 0.15) is 32.1 Å². The van der Waals surface area contributed by atoms with Crippen molar-refractivity contribution in [3.8, 4) is 0 Å². The van der Waals surface area contributed by atoms with E-state index < -0.39 is 12.1 Å². The molecule has 2 aliphatic rings. The van der Waals surface area contributed by atoms with Crippen molar-refractivity contribution in [1.29, 1.82) is 0 Å². The van der Waals surface area contributed by atoms with Crippen molar-refractivity contribution >= 4 is 11.8 Å². The van der Waals surface area contributed by atoms with E-state index in [1.807, 2.05) is 11.8 Å². The SMILES string of the molecule is FC(F)(F)C1CCCC(NCC2CCSC2)C1. The highest BCUT2D eigenvalue weighted by atomic mass is 32.2. The predicted molar refractivity (Wildman–Crippen MR) is 65.2 cm³/mol. The van der Waals surface area contributed by atoms with Crippen LogP contribution in [0.4, 0.5) is 13.2 Å². The summed E-state index contributed by atoms with van der Waals surface area (Å²) in [4.78, 5) is 0. The van der Waals surface area contributed by atoms with Crippen LogP contribution in [0.5, 0.6) is 0 Å². The second kappa shape index (κ2) is 5.83. The van der Waals surface area contributed by atoms with Gasteiger partial charge in [-0.3, -0.25) is 0 Å². The molecule has 1 heterocycles. The van der Waals surface area contributed by atoms with Gasteiger partial charge in [-0.1, -0.05) is 6.42 Å². The highest BCUT2D eigenvalue weighted by molar-refractivity contribution is 7.99. The minimum Gasteiger partial charge on any atom is -0.314 e. The minimum atomic E-state index is -4.00. The van der Waals surface area contributed by atoms with Gasteiger partial charge in [0.15, 0.2) is 0 Å². The fraction of sp³-hybridized carbons (Fsp3) is 1.00. The van der Waals surface area contributed by atoms with E-state index in [1.165, 1.54) is 17.9 Å². The largest absolute Gasteiger partial charge is 0.391 e. The third-order valence-electron chi connectivity index (χ3n) is 3.86. The summed E-state index contributed by atoms with van der Waals surface area (Å²) in [6, 6.07) is 0.0842. The Bertz CT molecular complexity index is 238. The average Bonchev–Trinajstić information content (AvgIpc) is 2.78. The topological polar surface area (TPSA) is 12.0 Å². The quantitative estimate of drug-likeness (QED) is 0.840. The van der Waals surface area contributed by atoms with E-state index in [4.69, 9.17) is 0 Å². The standard InChI is InChI=1S/C12H20F3NS/c13-12(14,15)10-2-1-3-11(6-10)16-7-9-4-5-17-8-9/h9-11,16H,1-8H2. The first kappa shape index (κ1) is 13.5. The van der Waals surface area contributed by atoms with Gasteiger partial charge in [-0.15, -0.1) is 0 Å². The Morgan fingerprint density at radius 1 is 1.18 bits per heavy atom. The summed E-state index contributed by atoms with van der Waals surface area (Å²) < 4.78 is 37.9. The van der Waals surface area contributed by atoms with Crippen molar-refractivity contribution in [3.05, 3.63) is 0 Å². The van der Waals surface area contributed by atoms with Gasteiger partial charge in [-0.2, -0.15) is 24.9 Å². The fourth-order valence-electron chi connectivity index (χ4n) is 2.75. The zero-order chi connectivity index (χ0) is 12.3. The van der Waals surface area contributed by atoms with E-state index in [0.717, 1.165) is 13.0 Å². The second-order valence-corrected chi connectivity index (χ2v) is 6.39. The van der Waals surface area contributed by atoms with Gasteiger partial charge < -0.3 is 5.32 Å². The number of nitrogens with one attached hydrogen (secondary N) is 1. The summed E-state index contributed by atoms with van der Waals surface area (Å²) in [5, 5.41) is 3.35. The molecular weight excluding hydrogens is 247 g/mol. The van der Waals surface area contributed by atoms with E-state index in [0.29, 0.717) is 18.8 Å². The fourth-order valence-corrected chi connectivity index (χ4v) is 4.03. The lowest BCUT2D eigenvalue weighted by Crippen LogP contribution is -2.40. The first-order chi connectivity index (χ1) is 8.05. The van der Waals surface area contributed by atoms with Crippen LogP contribution in [0.2, 0.25) is 0 Å². The molecule has 1 nitrogen and oxygen atoms in total. The van der Waals surface area contributed by atoms with Gasteiger partial charge in [0.05, 0.1) is 5.92 Å². The summed E-state index contributed by atoms with van der Waals surface area (Å²) in [6.07, 6.45) is -0.561. The van der Waals surface area contributed by atoms with Gasteiger partial charge in [0.1, 0.15) is 0 Å². The Hall–Kier alpha value is 0.100. The lowest BCUT2D eigenvalue weighted by atomic mass is 9.85. The summed E-state index contributed by atoms with van der Waals surface area (Å²) in [7, 11) is 0. The minimum absolute atomic E-state index is 0.0842. The van der Waals surface area contributed by atoms with Crippen molar-refractivity contribution in [2.75, 3.05) is 18.1 Å². The third-order valence-corrected chi connectivity index (χ3v) is 5.09. The smallest absolute Gasteiger partial charge is 0.314 e. The first-order valence-corrected chi connectivity index (χ1v) is 7.59. The van der Waals surface area contributed by atoms with Crippen molar-refractivity contribution in [2.24, 2.45) is 11.8 Å². The van der Waals surface area contributed by atoms with E-state index in [1.54, 1.807) is 0 Å². The molecule has 2 fully saturated rings. The van der Waals surface area contributed by atoms with Crippen molar-refractivity contribution in [1.82, 2.24) is 5.32 Å². The summed E-state index contributed by atoms with van der Waals surface area (Å²) in [5.74, 6) is 1.97. The maximum Gasteiger partial charge on any atom is 0.391 e. The lowest BCUT2D eigenvalue weighted by Gasteiger charge is -2.31. The normalized spacial score (nSPS) is 35.1. The molecule has 3 atom stereocenters. The molecule has 1 aliphatic heterocycles. The highest BCUT2D eigenvalue weighted by Crippen LogP contribution is 2.37. The molecule has 100 valence electrons. The summed E-state index contributed by atoms with van der Waals surface area (Å²) in [5.41, 5.74) is 0. The van der Waals surface area contributed by atoms with Crippen molar-refractivity contribution in [2.45, 2.75) is 44.3 Å². The van der Waals surface area contributed by atoms with Crippen LogP contribution in [0, 0.1) is 11.8 Å². The molecule has 1 saturated carbocycles.